The molecule has 2 aromatic carbocycles. The van der Waals surface area contributed by atoms with Crippen LogP contribution in [0.15, 0.2) is 60.8 Å². The van der Waals surface area contributed by atoms with Crippen molar-refractivity contribution in [3.8, 4) is 11.3 Å². The van der Waals surface area contributed by atoms with E-state index in [-0.39, 0.29) is 11.8 Å². The molecule has 0 radical (unpaired) electrons. The first-order chi connectivity index (χ1) is 13.7. The first-order valence-corrected chi connectivity index (χ1v) is 9.66. The van der Waals surface area contributed by atoms with E-state index in [4.69, 9.17) is 0 Å². The van der Waals surface area contributed by atoms with E-state index in [9.17, 15) is 9.59 Å². The molecule has 1 aliphatic rings. The quantitative estimate of drug-likeness (QED) is 0.762. The lowest BCUT2D eigenvalue weighted by Gasteiger charge is -2.34. The number of benzene rings is 2. The van der Waals surface area contributed by atoms with Crippen molar-refractivity contribution in [3.05, 3.63) is 66.4 Å². The first-order valence-electron chi connectivity index (χ1n) is 9.66. The first kappa shape index (κ1) is 18.2. The van der Waals surface area contributed by atoms with Crippen molar-refractivity contribution in [2.24, 2.45) is 0 Å². The van der Waals surface area contributed by atoms with E-state index in [2.05, 4.69) is 16.4 Å². The Morgan fingerprint density at radius 3 is 2.79 bits per heavy atom. The molecule has 2 heterocycles. The topological polar surface area (TPSA) is 62.3 Å². The highest BCUT2D eigenvalue weighted by molar-refractivity contribution is 6.00. The van der Waals surface area contributed by atoms with E-state index in [1.165, 1.54) is 0 Å². The molecule has 1 saturated heterocycles. The predicted octanol–water partition coefficient (Wildman–Crippen LogP) is 3.64. The van der Waals surface area contributed by atoms with Gasteiger partial charge in [0.05, 0.1) is 5.69 Å². The molecule has 1 fully saturated rings. The number of likely N-dealkylation sites (N-methyl/N-ethyl adjacent to an activating group) is 1. The molecule has 3 aromatic rings. The molecule has 1 aromatic heterocycles. The third-order valence-corrected chi connectivity index (χ3v) is 5.37. The number of piperidine rings is 1. The highest BCUT2D eigenvalue weighted by atomic mass is 16.2. The van der Waals surface area contributed by atoms with Gasteiger partial charge in [0.1, 0.15) is 6.04 Å². The van der Waals surface area contributed by atoms with Gasteiger partial charge in [0.25, 0.3) is 5.91 Å². The van der Waals surface area contributed by atoms with Crippen molar-refractivity contribution in [2.45, 2.75) is 25.3 Å². The van der Waals surface area contributed by atoms with Gasteiger partial charge >= 0.3 is 0 Å². The van der Waals surface area contributed by atoms with E-state index in [0.29, 0.717) is 18.5 Å². The van der Waals surface area contributed by atoms with Crippen LogP contribution in [0.5, 0.6) is 0 Å². The highest BCUT2D eigenvalue weighted by Crippen LogP contribution is 2.28. The maximum atomic E-state index is 13.2. The van der Waals surface area contributed by atoms with Crippen molar-refractivity contribution in [1.82, 2.24) is 15.2 Å². The summed E-state index contributed by atoms with van der Waals surface area (Å²) in [6, 6.07) is 17.2. The maximum Gasteiger partial charge on any atom is 0.254 e. The molecular formula is C23H23N3O2. The number of carbonyl (C=O) groups is 2. The number of rotatable bonds is 3. The number of hydrogen-bond acceptors (Lipinski definition) is 3. The Morgan fingerprint density at radius 1 is 1.07 bits per heavy atom. The summed E-state index contributed by atoms with van der Waals surface area (Å²) < 4.78 is 0. The molecule has 4 rings (SSSR count). The van der Waals surface area contributed by atoms with Crippen molar-refractivity contribution >= 4 is 22.6 Å². The van der Waals surface area contributed by atoms with Crippen LogP contribution in [0.25, 0.3) is 22.0 Å². The third kappa shape index (κ3) is 3.36. The van der Waals surface area contributed by atoms with E-state index >= 15 is 0 Å². The number of carbonyl (C=O) groups excluding carboxylic acids is 2. The lowest BCUT2D eigenvalue weighted by atomic mass is 9.98. The van der Waals surface area contributed by atoms with Crippen LogP contribution in [-0.4, -0.2) is 41.3 Å². The van der Waals surface area contributed by atoms with Crippen molar-refractivity contribution < 1.29 is 9.59 Å². The van der Waals surface area contributed by atoms with Gasteiger partial charge in [0, 0.05) is 36.3 Å². The number of nitrogens with zero attached hydrogens (tertiary/aromatic N) is 2. The van der Waals surface area contributed by atoms with Crippen LogP contribution in [-0.2, 0) is 4.79 Å². The van der Waals surface area contributed by atoms with Gasteiger partial charge in [-0.05, 0) is 42.8 Å². The number of hydrogen-bond donors (Lipinski definition) is 1. The van der Waals surface area contributed by atoms with Gasteiger partial charge < -0.3 is 10.2 Å². The summed E-state index contributed by atoms with van der Waals surface area (Å²) >= 11 is 0. The maximum absolute atomic E-state index is 13.2. The van der Waals surface area contributed by atoms with Crippen LogP contribution < -0.4 is 5.32 Å². The zero-order valence-corrected chi connectivity index (χ0v) is 15.9. The highest BCUT2D eigenvalue weighted by Gasteiger charge is 2.32. The fourth-order valence-corrected chi connectivity index (χ4v) is 3.93. The van der Waals surface area contributed by atoms with Crippen LogP contribution >= 0.6 is 0 Å². The molecule has 28 heavy (non-hydrogen) atoms. The fourth-order valence-electron chi connectivity index (χ4n) is 3.93. The average molecular weight is 373 g/mol. The van der Waals surface area contributed by atoms with Gasteiger partial charge in [0.2, 0.25) is 5.91 Å². The largest absolute Gasteiger partial charge is 0.357 e. The van der Waals surface area contributed by atoms with Gasteiger partial charge in [-0.1, -0.05) is 36.4 Å². The van der Waals surface area contributed by atoms with E-state index in [1.807, 2.05) is 48.5 Å². The molecule has 0 aliphatic carbocycles. The minimum absolute atomic E-state index is 0.0973. The number of pyridine rings is 1. The lowest BCUT2D eigenvalue weighted by Crippen LogP contribution is -2.51. The molecule has 1 aliphatic heterocycles. The molecule has 1 atom stereocenters. The van der Waals surface area contributed by atoms with Crippen LogP contribution in [0.2, 0.25) is 0 Å². The predicted molar refractivity (Wildman–Crippen MR) is 110 cm³/mol. The summed E-state index contributed by atoms with van der Waals surface area (Å²) in [6.07, 6.45) is 4.38. The Bertz CT molecular complexity index is 1030. The SMILES string of the molecule is CNC(=O)C1CCCCN1C(=O)c1cccc(-c2nccc3ccccc23)c1. The van der Waals surface area contributed by atoms with Crippen LogP contribution in [0.4, 0.5) is 0 Å². The number of amides is 2. The van der Waals surface area contributed by atoms with Crippen molar-refractivity contribution in [3.63, 3.8) is 0 Å². The summed E-state index contributed by atoms with van der Waals surface area (Å²) in [7, 11) is 1.62. The Labute approximate surface area is 164 Å². The number of aromatic nitrogens is 1. The third-order valence-electron chi connectivity index (χ3n) is 5.37. The Morgan fingerprint density at radius 2 is 1.93 bits per heavy atom. The second-order valence-electron chi connectivity index (χ2n) is 7.09. The number of likely N-dealkylation sites (tertiary alicyclic amines) is 1. The van der Waals surface area contributed by atoms with Crippen LogP contribution in [0.3, 0.4) is 0 Å². The minimum Gasteiger partial charge on any atom is -0.357 e. The second kappa shape index (κ2) is 7.80. The molecule has 1 unspecified atom stereocenters. The Balaban J connectivity index is 1.70. The van der Waals surface area contributed by atoms with Gasteiger partial charge in [-0.2, -0.15) is 0 Å². The monoisotopic (exact) mass is 373 g/mol. The molecule has 5 heteroatoms. The van der Waals surface area contributed by atoms with Gasteiger partial charge in [-0.3, -0.25) is 14.6 Å². The zero-order chi connectivity index (χ0) is 19.5. The summed E-state index contributed by atoms with van der Waals surface area (Å²) in [5, 5.41) is 4.85. The van der Waals surface area contributed by atoms with Crippen LogP contribution in [0, 0.1) is 0 Å². The van der Waals surface area contributed by atoms with Gasteiger partial charge in [-0.25, -0.2) is 0 Å². The second-order valence-corrected chi connectivity index (χ2v) is 7.09. The summed E-state index contributed by atoms with van der Waals surface area (Å²) in [4.78, 5) is 31.7. The Kier molecular flexibility index (Phi) is 5.06. The smallest absolute Gasteiger partial charge is 0.254 e. The average Bonchev–Trinajstić information content (AvgIpc) is 2.77. The fraction of sp³-hybridized carbons (Fsp3) is 0.261. The molecule has 0 spiro atoms. The summed E-state index contributed by atoms with van der Waals surface area (Å²) in [5.41, 5.74) is 2.34. The molecule has 142 valence electrons. The molecule has 0 saturated carbocycles. The molecule has 1 N–H and O–H groups in total. The van der Waals surface area contributed by atoms with E-state index in [1.54, 1.807) is 18.1 Å². The van der Waals surface area contributed by atoms with E-state index < -0.39 is 6.04 Å². The van der Waals surface area contributed by atoms with E-state index in [0.717, 1.165) is 34.9 Å². The molecule has 2 amide bonds. The number of nitrogens with one attached hydrogen (secondary N) is 1. The standard InChI is InChI=1S/C23H23N3O2/c1-24-22(27)20-11-4-5-14-26(20)23(28)18-9-6-8-17(15-18)21-19-10-3-2-7-16(19)12-13-25-21/h2-3,6-10,12-13,15,20H,4-5,11,14H2,1H3,(H,24,27). The molecular weight excluding hydrogens is 350 g/mol. The van der Waals surface area contributed by atoms with Gasteiger partial charge in [-0.15, -0.1) is 0 Å². The molecule has 0 bridgehead atoms. The Hall–Kier alpha value is -3.21. The zero-order valence-electron chi connectivity index (χ0n) is 15.9. The lowest BCUT2D eigenvalue weighted by molar-refractivity contribution is -0.126. The minimum atomic E-state index is -0.398. The van der Waals surface area contributed by atoms with Crippen molar-refractivity contribution in [1.29, 1.82) is 0 Å². The normalized spacial score (nSPS) is 16.8. The number of fused-ring (bicyclic) bond motifs is 1. The van der Waals surface area contributed by atoms with Gasteiger partial charge in [0.15, 0.2) is 0 Å². The van der Waals surface area contributed by atoms with Crippen LogP contribution in [0.1, 0.15) is 29.6 Å². The molecule has 5 nitrogen and oxygen atoms in total. The summed E-state index contributed by atoms with van der Waals surface area (Å²) in [5.74, 6) is -0.199. The van der Waals surface area contributed by atoms with Crippen molar-refractivity contribution in [2.75, 3.05) is 13.6 Å². The summed E-state index contributed by atoms with van der Waals surface area (Å²) in [6.45, 7) is 0.605.